The van der Waals surface area contributed by atoms with Gasteiger partial charge in [0.05, 0.1) is 11.2 Å². The zero-order valence-electron chi connectivity index (χ0n) is 12.5. The highest BCUT2D eigenvalue weighted by atomic mass is 35.5. The van der Waals surface area contributed by atoms with E-state index in [1.807, 2.05) is 18.2 Å². The predicted molar refractivity (Wildman–Crippen MR) is 87.3 cm³/mol. The molecule has 0 spiro atoms. The summed E-state index contributed by atoms with van der Waals surface area (Å²) in [6.07, 6.45) is 4.77. The molecule has 1 aliphatic heterocycles. The van der Waals surface area contributed by atoms with Crippen molar-refractivity contribution in [3.05, 3.63) is 41.9 Å². The quantitative estimate of drug-likeness (QED) is 0.628. The molecule has 0 aliphatic carbocycles. The number of hydrogen-bond donors (Lipinski definition) is 0. The molecule has 4 nitrogen and oxygen atoms in total. The highest BCUT2D eigenvalue weighted by Crippen LogP contribution is 2.38. The molecule has 0 saturated heterocycles. The summed E-state index contributed by atoms with van der Waals surface area (Å²) in [5.74, 6) is 0.923. The summed E-state index contributed by atoms with van der Waals surface area (Å²) in [6.45, 7) is 5.20. The Morgan fingerprint density at radius 1 is 1.23 bits per heavy atom. The van der Waals surface area contributed by atoms with Crippen molar-refractivity contribution in [1.82, 2.24) is 14.5 Å². The molecule has 3 heterocycles. The first-order valence-corrected chi connectivity index (χ1v) is 7.71. The summed E-state index contributed by atoms with van der Waals surface area (Å²) >= 11 is 5.93. The van der Waals surface area contributed by atoms with Crippen LogP contribution in [0.4, 0.5) is 0 Å². The van der Waals surface area contributed by atoms with Crippen LogP contribution >= 0.6 is 11.6 Å². The minimum absolute atomic E-state index is 0.161. The van der Waals surface area contributed by atoms with E-state index in [9.17, 15) is 0 Å². The highest BCUT2D eigenvalue weighted by molar-refractivity contribution is 6.28. The lowest BCUT2D eigenvalue weighted by Crippen LogP contribution is -2.28. The average Bonchev–Trinajstić information content (AvgIpc) is 2.84. The number of aryl methyl sites for hydroxylation is 1. The van der Waals surface area contributed by atoms with Crippen LogP contribution in [0, 0.1) is 0 Å². The van der Waals surface area contributed by atoms with Crippen molar-refractivity contribution < 1.29 is 4.74 Å². The fourth-order valence-electron chi connectivity index (χ4n) is 3.01. The van der Waals surface area contributed by atoms with E-state index in [1.54, 1.807) is 6.20 Å². The number of benzene rings is 1. The molecule has 0 bridgehead atoms. The molecule has 22 heavy (non-hydrogen) atoms. The van der Waals surface area contributed by atoms with Crippen LogP contribution in [0.25, 0.3) is 22.2 Å². The van der Waals surface area contributed by atoms with Crippen molar-refractivity contribution in [2.45, 2.75) is 32.4 Å². The van der Waals surface area contributed by atoms with Crippen molar-refractivity contribution in [1.29, 1.82) is 0 Å². The Morgan fingerprint density at radius 2 is 2.09 bits per heavy atom. The molecular weight excluding hydrogens is 298 g/mol. The van der Waals surface area contributed by atoms with E-state index in [0.29, 0.717) is 0 Å². The minimum Gasteiger partial charge on any atom is -0.486 e. The second-order valence-corrected chi connectivity index (χ2v) is 6.54. The van der Waals surface area contributed by atoms with Gasteiger partial charge in [-0.2, -0.15) is 0 Å². The van der Waals surface area contributed by atoms with Crippen LogP contribution in [-0.4, -0.2) is 20.1 Å². The second kappa shape index (κ2) is 4.71. The van der Waals surface area contributed by atoms with Gasteiger partial charge >= 0.3 is 0 Å². The lowest BCUT2D eigenvalue weighted by Gasteiger charge is -2.24. The first kappa shape index (κ1) is 13.6. The number of aromatic nitrogens is 3. The Morgan fingerprint density at radius 3 is 2.91 bits per heavy atom. The van der Waals surface area contributed by atoms with Gasteiger partial charge in [-0.05, 0) is 49.7 Å². The molecule has 0 amide bonds. The van der Waals surface area contributed by atoms with E-state index in [1.165, 1.54) is 0 Å². The van der Waals surface area contributed by atoms with Crippen LogP contribution in [0.1, 0.15) is 20.3 Å². The molecule has 3 aromatic rings. The zero-order valence-corrected chi connectivity index (χ0v) is 13.3. The smallest absolute Gasteiger partial charge is 0.222 e. The third-order valence-corrected chi connectivity index (χ3v) is 4.31. The third kappa shape index (κ3) is 2.15. The summed E-state index contributed by atoms with van der Waals surface area (Å²) in [4.78, 5) is 8.29. The minimum atomic E-state index is -0.161. The van der Waals surface area contributed by atoms with Gasteiger partial charge in [0, 0.05) is 36.3 Å². The maximum absolute atomic E-state index is 6.21. The molecular formula is C17H16ClN3O. The maximum atomic E-state index is 6.21. The predicted octanol–water partition coefficient (Wildman–Crippen LogP) is 4.31. The largest absolute Gasteiger partial charge is 0.486 e. The van der Waals surface area contributed by atoms with Gasteiger partial charge in [-0.15, -0.1) is 0 Å². The molecule has 1 aromatic carbocycles. The Balaban J connectivity index is 1.96. The van der Waals surface area contributed by atoms with Crippen molar-refractivity contribution in [2.75, 3.05) is 0 Å². The number of hydrogen-bond acceptors (Lipinski definition) is 3. The highest BCUT2D eigenvalue weighted by Gasteiger charge is 2.26. The molecule has 5 heteroatoms. The van der Waals surface area contributed by atoms with Crippen molar-refractivity contribution >= 4 is 22.5 Å². The van der Waals surface area contributed by atoms with Crippen LogP contribution in [-0.2, 0) is 6.54 Å². The van der Waals surface area contributed by atoms with Crippen LogP contribution in [0.2, 0.25) is 5.28 Å². The summed E-state index contributed by atoms with van der Waals surface area (Å²) in [5.41, 5.74) is 2.84. The zero-order chi connectivity index (χ0) is 15.3. The van der Waals surface area contributed by atoms with Gasteiger partial charge in [0.1, 0.15) is 11.4 Å². The van der Waals surface area contributed by atoms with Gasteiger partial charge in [0.25, 0.3) is 0 Å². The Labute approximate surface area is 133 Å². The molecule has 0 saturated carbocycles. The fourth-order valence-corrected chi connectivity index (χ4v) is 3.15. The number of nitrogens with zero attached hydrogens (tertiary/aromatic N) is 3. The Kier molecular flexibility index (Phi) is 2.91. The van der Waals surface area contributed by atoms with Crippen molar-refractivity contribution in [2.24, 2.45) is 0 Å². The van der Waals surface area contributed by atoms with E-state index >= 15 is 0 Å². The summed E-state index contributed by atoms with van der Waals surface area (Å²) < 4.78 is 8.47. The lowest BCUT2D eigenvalue weighted by molar-refractivity contribution is 0.102. The second-order valence-electron chi connectivity index (χ2n) is 6.21. The van der Waals surface area contributed by atoms with Gasteiger partial charge in [0.15, 0.2) is 0 Å². The molecule has 0 fully saturated rings. The molecule has 4 rings (SSSR count). The monoisotopic (exact) mass is 313 g/mol. The standard InChI is InChI=1S/C17H16ClN3O/c1-17(2)7-10-21-9-6-12-11(3-4-14(22-17)15(12)21)13-5-8-19-16(18)20-13/h3-6,8-9H,7,10H2,1-2H3. The molecule has 0 atom stereocenters. The van der Waals surface area contributed by atoms with Gasteiger partial charge in [0.2, 0.25) is 5.28 Å². The summed E-state index contributed by atoms with van der Waals surface area (Å²) in [6, 6.07) is 8.06. The topological polar surface area (TPSA) is 39.9 Å². The average molecular weight is 314 g/mol. The SMILES string of the molecule is CC1(C)CCn2ccc3c(-c4ccnc(Cl)n4)ccc(c32)O1. The van der Waals surface area contributed by atoms with Gasteiger partial charge in [-0.3, -0.25) is 0 Å². The van der Waals surface area contributed by atoms with Crippen LogP contribution in [0.15, 0.2) is 36.7 Å². The van der Waals surface area contributed by atoms with E-state index in [0.717, 1.165) is 40.9 Å². The lowest BCUT2D eigenvalue weighted by atomic mass is 10.0. The molecule has 0 radical (unpaired) electrons. The number of rotatable bonds is 1. The first-order chi connectivity index (χ1) is 10.5. The summed E-state index contributed by atoms with van der Waals surface area (Å²) in [7, 11) is 0. The molecule has 0 N–H and O–H groups in total. The third-order valence-electron chi connectivity index (χ3n) is 4.13. The Hall–Kier alpha value is -2.07. The van der Waals surface area contributed by atoms with E-state index < -0.39 is 0 Å². The van der Waals surface area contributed by atoms with E-state index in [4.69, 9.17) is 16.3 Å². The van der Waals surface area contributed by atoms with Crippen LogP contribution in [0.5, 0.6) is 5.75 Å². The van der Waals surface area contributed by atoms with Gasteiger partial charge < -0.3 is 9.30 Å². The van der Waals surface area contributed by atoms with Crippen molar-refractivity contribution in [3.63, 3.8) is 0 Å². The van der Waals surface area contributed by atoms with Gasteiger partial charge in [-0.25, -0.2) is 9.97 Å². The Bertz CT molecular complexity index is 869. The normalized spacial score (nSPS) is 16.3. The number of halogens is 1. The molecule has 112 valence electrons. The first-order valence-electron chi connectivity index (χ1n) is 7.33. The van der Waals surface area contributed by atoms with Gasteiger partial charge in [-0.1, -0.05) is 0 Å². The van der Waals surface area contributed by atoms with Crippen LogP contribution < -0.4 is 4.74 Å². The van der Waals surface area contributed by atoms with E-state index in [-0.39, 0.29) is 10.9 Å². The molecule has 1 aliphatic rings. The maximum Gasteiger partial charge on any atom is 0.222 e. The van der Waals surface area contributed by atoms with Crippen LogP contribution in [0.3, 0.4) is 0 Å². The molecule has 2 aromatic heterocycles. The van der Waals surface area contributed by atoms with Crippen molar-refractivity contribution in [3.8, 4) is 17.0 Å². The summed E-state index contributed by atoms with van der Waals surface area (Å²) in [5, 5.41) is 1.39. The molecule has 0 unspecified atom stereocenters. The number of ether oxygens (including phenoxy) is 1. The fraction of sp³-hybridized carbons (Fsp3) is 0.294. The van der Waals surface area contributed by atoms with E-state index in [2.05, 4.69) is 40.6 Å².